The van der Waals surface area contributed by atoms with Crippen LogP contribution in [0.15, 0.2) is 24.3 Å². The second-order valence-electron chi connectivity index (χ2n) is 5.91. The molecule has 2 nitrogen and oxygen atoms in total. The van der Waals surface area contributed by atoms with Crippen molar-refractivity contribution in [2.45, 2.75) is 50.7 Å². The molecule has 3 unspecified atom stereocenters. The molecule has 104 valence electrons. The van der Waals surface area contributed by atoms with E-state index in [4.69, 9.17) is 0 Å². The van der Waals surface area contributed by atoms with Crippen LogP contribution in [0.1, 0.15) is 37.7 Å². The van der Waals surface area contributed by atoms with Crippen molar-refractivity contribution in [3.8, 4) is 0 Å². The molecule has 2 N–H and O–H groups in total. The number of hydrogen-bond acceptors (Lipinski definition) is 2. The molecule has 2 aliphatic rings. The molecule has 1 aromatic carbocycles. The van der Waals surface area contributed by atoms with Crippen molar-refractivity contribution in [3.05, 3.63) is 35.6 Å². The molecule has 1 aromatic rings. The lowest BCUT2D eigenvalue weighted by Gasteiger charge is -2.26. The molecule has 1 aliphatic carbocycles. The third kappa shape index (κ3) is 3.15. The molecule has 1 saturated carbocycles. The van der Waals surface area contributed by atoms with E-state index in [1.54, 1.807) is 12.1 Å². The van der Waals surface area contributed by atoms with Crippen molar-refractivity contribution in [2.24, 2.45) is 5.92 Å². The summed E-state index contributed by atoms with van der Waals surface area (Å²) in [6.45, 7) is 2.04. The fourth-order valence-electron chi connectivity index (χ4n) is 3.65. The van der Waals surface area contributed by atoms with E-state index in [1.807, 2.05) is 12.1 Å². The van der Waals surface area contributed by atoms with Gasteiger partial charge in [0.15, 0.2) is 0 Å². The van der Waals surface area contributed by atoms with Crippen molar-refractivity contribution in [1.82, 2.24) is 10.6 Å². The second kappa shape index (κ2) is 6.02. The van der Waals surface area contributed by atoms with Crippen LogP contribution in [0.25, 0.3) is 0 Å². The van der Waals surface area contributed by atoms with Gasteiger partial charge in [-0.25, -0.2) is 4.39 Å². The highest BCUT2D eigenvalue weighted by Crippen LogP contribution is 2.32. The summed E-state index contributed by atoms with van der Waals surface area (Å²) in [6.07, 6.45) is 6.62. The predicted molar refractivity (Wildman–Crippen MR) is 75.4 cm³/mol. The van der Waals surface area contributed by atoms with Crippen LogP contribution in [0.5, 0.6) is 0 Å². The predicted octanol–water partition coefficient (Wildman–Crippen LogP) is 2.84. The first kappa shape index (κ1) is 13.1. The van der Waals surface area contributed by atoms with Crippen LogP contribution >= 0.6 is 0 Å². The number of hydrogen-bond donors (Lipinski definition) is 2. The highest BCUT2D eigenvalue weighted by molar-refractivity contribution is 5.16. The number of nitrogens with one attached hydrogen (secondary N) is 2. The van der Waals surface area contributed by atoms with Gasteiger partial charge in [-0.05, 0) is 55.8 Å². The van der Waals surface area contributed by atoms with Crippen molar-refractivity contribution < 1.29 is 4.39 Å². The molecule has 3 rings (SSSR count). The first-order valence-electron chi connectivity index (χ1n) is 7.54. The third-order valence-corrected chi connectivity index (χ3v) is 4.67. The van der Waals surface area contributed by atoms with Crippen molar-refractivity contribution in [1.29, 1.82) is 0 Å². The maximum atomic E-state index is 12.9. The van der Waals surface area contributed by atoms with E-state index in [2.05, 4.69) is 10.6 Å². The minimum atomic E-state index is -0.155. The Kier molecular flexibility index (Phi) is 4.14. The molecule has 0 aromatic heterocycles. The van der Waals surface area contributed by atoms with Gasteiger partial charge in [-0.15, -0.1) is 0 Å². The van der Waals surface area contributed by atoms with E-state index < -0.39 is 0 Å². The smallest absolute Gasteiger partial charge is 0.123 e. The Bertz CT molecular complexity index is 398. The van der Waals surface area contributed by atoms with Crippen molar-refractivity contribution >= 4 is 0 Å². The zero-order valence-corrected chi connectivity index (χ0v) is 11.4. The molecule has 2 fully saturated rings. The van der Waals surface area contributed by atoms with E-state index in [1.165, 1.54) is 44.2 Å². The summed E-state index contributed by atoms with van der Waals surface area (Å²) >= 11 is 0. The molecule has 19 heavy (non-hydrogen) atoms. The second-order valence-corrected chi connectivity index (χ2v) is 5.91. The third-order valence-electron chi connectivity index (χ3n) is 4.67. The highest BCUT2D eigenvalue weighted by atomic mass is 19.1. The molecule has 0 spiro atoms. The zero-order chi connectivity index (χ0) is 13.1. The van der Waals surface area contributed by atoms with Crippen LogP contribution in [0, 0.1) is 11.7 Å². The number of rotatable bonds is 4. The largest absolute Gasteiger partial charge is 0.314 e. The maximum absolute atomic E-state index is 12.9. The van der Waals surface area contributed by atoms with Gasteiger partial charge in [0.25, 0.3) is 0 Å². The van der Waals surface area contributed by atoms with Crippen LogP contribution in [0.3, 0.4) is 0 Å². The first-order chi connectivity index (χ1) is 9.33. The van der Waals surface area contributed by atoms with Gasteiger partial charge in [-0.3, -0.25) is 0 Å². The molecule has 0 amide bonds. The molecular formula is C16H23FN2. The average Bonchev–Trinajstić information content (AvgIpc) is 3.08. The van der Waals surface area contributed by atoms with Gasteiger partial charge < -0.3 is 10.6 Å². The summed E-state index contributed by atoms with van der Waals surface area (Å²) in [5, 5.41) is 7.33. The Hall–Kier alpha value is -0.930. The van der Waals surface area contributed by atoms with Gasteiger partial charge in [-0.1, -0.05) is 18.6 Å². The summed E-state index contributed by atoms with van der Waals surface area (Å²) in [4.78, 5) is 0. The summed E-state index contributed by atoms with van der Waals surface area (Å²) in [7, 11) is 0. The SMILES string of the molecule is Fc1ccc(CNC2CCCC2C2CCCN2)cc1. The molecule has 3 heteroatoms. The van der Waals surface area contributed by atoms with E-state index in [0.717, 1.165) is 12.5 Å². The Morgan fingerprint density at radius 3 is 2.68 bits per heavy atom. The van der Waals surface area contributed by atoms with Crippen LogP contribution in [0.4, 0.5) is 4.39 Å². The van der Waals surface area contributed by atoms with Crippen LogP contribution in [0.2, 0.25) is 0 Å². The lowest BCUT2D eigenvalue weighted by molar-refractivity contribution is 0.320. The fourth-order valence-corrected chi connectivity index (χ4v) is 3.65. The maximum Gasteiger partial charge on any atom is 0.123 e. The molecule has 1 aliphatic heterocycles. The monoisotopic (exact) mass is 262 g/mol. The molecule has 1 saturated heterocycles. The van der Waals surface area contributed by atoms with Crippen LogP contribution in [-0.4, -0.2) is 18.6 Å². The summed E-state index contributed by atoms with van der Waals surface area (Å²) < 4.78 is 12.9. The van der Waals surface area contributed by atoms with Gasteiger partial charge in [0.05, 0.1) is 0 Å². The number of halogens is 1. The van der Waals surface area contributed by atoms with Gasteiger partial charge in [0.2, 0.25) is 0 Å². The molecule has 0 radical (unpaired) electrons. The van der Waals surface area contributed by atoms with Gasteiger partial charge in [0, 0.05) is 18.6 Å². The molecular weight excluding hydrogens is 239 g/mol. The number of benzene rings is 1. The van der Waals surface area contributed by atoms with Gasteiger partial charge >= 0.3 is 0 Å². The average molecular weight is 262 g/mol. The summed E-state index contributed by atoms with van der Waals surface area (Å²) in [6, 6.07) is 8.18. The Balaban J connectivity index is 1.55. The first-order valence-corrected chi connectivity index (χ1v) is 7.54. The van der Waals surface area contributed by atoms with E-state index in [9.17, 15) is 4.39 Å². The normalized spacial score (nSPS) is 30.9. The molecule has 1 heterocycles. The lowest BCUT2D eigenvalue weighted by Crippen LogP contribution is -2.41. The summed E-state index contributed by atoms with van der Waals surface area (Å²) in [5.74, 6) is 0.626. The zero-order valence-electron chi connectivity index (χ0n) is 11.4. The minimum absolute atomic E-state index is 0.155. The summed E-state index contributed by atoms with van der Waals surface area (Å²) in [5.41, 5.74) is 1.17. The minimum Gasteiger partial charge on any atom is -0.314 e. The quantitative estimate of drug-likeness (QED) is 0.872. The fraction of sp³-hybridized carbons (Fsp3) is 0.625. The Morgan fingerprint density at radius 1 is 1.11 bits per heavy atom. The lowest BCUT2D eigenvalue weighted by atomic mass is 9.93. The van der Waals surface area contributed by atoms with Crippen molar-refractivity contribution in [2.75, 3.05) is 6.54 Å². The topological polar surface area (TPSA) is 24.1 Å². The van der Waals surface area contributed by atoms with E-state index in [0.29, 0.717) is 12.1 Å². The van der Waals surface area contributed by atoms with Crippen LogP contribution < -0.4 is 10.6 Å². The van der Waals surface area contributed by atoms with Gasteiger partial charge in [0.1, 0.15) is 5.82 Å². The van der Waals surface area contributed by atoms with Gasteiger partial charge in [-0.2, -0.15) is 0 Å². The van der Waals surface area contributed by atoms with Crippen LogP contribution in [-0.2, 0) is 6.54 Å². The molecule has 0 bridgehead atoms. The Labute approximate surface area is 114 Å². The van der Waals surface area contributed by atoms with Crippen molar-refractivity contribution in [3.63, 3.8) is 0 Å². The Morgan fingerprint density at radius 2 is 1.95 bits per heavy atom. The highest BCUT2D eigenvalue weighted by Gasteiger charge is 2.34. The standard InChI is InChI=1S/C16H23FN2/c17-13-8-6-12(7-9-13)11-19-16-4-1-3-14(16)15-5-2-10-18-15/h6-9,14-16,18-19H,1-5,10-11H2. The van der Waals surface area contributed by atoms with E-state index >= 15 is 0 Å². The molecule has 3 atom stereocenters. The van der Waals surface area contributed by atoms with E-state index in [-0.39, 0.29) is 5.82 Å².